The number of aryl methyl sites for hydroxylation is 1. The Kier molecular flexibility index (Phi) is 10.7. The van der Waals surface area contributed by atoms with Gasteiger partial charge in [0.15, 0.2) is 11.5 Å². The van der Waals surface area contributed by atoms with E-state index in [1.54, 1.807) is 62.6 Å². The molecular formula is C32H41N3O7S. The Bertz CT molecular complexity index is 1520. The van der Waals surface area contributed by atoms with Crippen LogP contribution in [0.5, 0.6) is 17.2 Å². The topological polar surface area (TPSA) is 114 Å². The summed E-state index contributed by atoms with van der Waals surface area (Å²) in [4.78, 5) is 28.7. The van der Waals surface area contributed by atoms with Gasteiger partial charge in [0, 0.05) is 18.2 Å². The van der Waals surface area contributed by atoms with Gasteiger partial charge in [-0.1, -0.05) is 29.8 Å². The molecule has 0 aliphatic heterocycles. The lowest BCUT2D eigenvalue weighted by Crippen LogP contribution is -2.54. The second-order valence-electron chi connectivity index (χ2n) is 11.1. The number of nitrogens with zero attached hydrogens (tertiary/aromatic N) is 2. The maximum atomic E-state index is 14.1. The van der Waals surface area contributed by atoms with Gasteiger partial charge in [-0.15, -0.1) is 0 Å². The predicted octanol–water partition coefficient (Wildman–Crippen LogP) is 4.55. The Morgan fingerprint density at radius 2 is 1.47 bits per heavy atom. The van der Waals surface area contributed by atoms with Crippen molar-refractivity contribution in [1.82, 2.24) is 10.2 Å². The van der Waals surface area contributed by atoms with E-state index < -0.39 is 34.1 Å². The third-order valence-electron chi connectivity index (χ3n) is 6.72. The third kappa shape index (κ3) is 8.41. The molecule has 1 N–H and O–H groups in total. The molecule has 0 heterocycles. The van der Waals surface area contributed by atoms with Crippen LogP contribution in [0.15, 0.2) is 71.6 Å². The van der Waals surface area contributed by atoms with Gasteiger partial charge in [0.1, 0.15) is 18.3 Å². The number of sulfonamides is 1. The van der Waals surface area contributed by atoms with Crippen LogP contribution in [-0.2, 0) is 26.2 Å². The summed E-state index contributed by atoms with van der Waals surface area (Å²) in [6, 6.07) is 17.3. The van der Waals surface area contributed by atoms with Crippen molar-refractivity contribution in [3.05, 3.63) is 77.9 Å². The van der Waals surface area contributed by atoms with E-state index in [0.29, 0.717) is 17.2 Å². The van der Waals surface area contributed by atoms with Gasteiger partial charge in [0.25, 0.3) is 10.0 Å². The average Bonchev–Trinajstić information content (AvgIpc) is 2.97. The molecular weight excluding hydrogens is 570 g/mol. The van der Waals surface area contributed by atoms with Gasteiger partial charge in [-0.25, -0.2) is 8.42 Å². The summed E-state index contributed by atoms with van der Waals surface area (Å²) in [5.41, 5.74) is 1.43. The minimum Gasteiger partial charge on any atom is -0.497 e. The molecule has 0 saturated carbocycles. The van der Waals surface area contributed by atoms with Gasteiger partial charge in [-0.05, 0) is 76.6 Å². The highest BCUT2D eigenvalue weighted by Crippen LogP contribution is 2.32. The van der Waals surface area contributed by atoms with Crippen LogP contribution in [0, 0.1) is 6.92 Å². The number of amides is 2. The molecule has 0 bridgehead atoms. The molecule has 0 saturated heterocycles. The van der Waals surface area contributed by atoms with Crippen LogP contribution in [0.2, 0.25) is 0 Å². The average molecular weight is 612 g/mol. The number of anilines is 1. The number of carbonyl (C=O) groups is 2. The molecule has 11 heteroatoms. The molecule has 232 valence electrons. The van der Waals surface area contributed by atoms with Crippen LogP contribution in [-0.4, -0.2) is 64.6 Å². The fourth-order valence-corrected chi connectivity index (χ4v) is 5.76. The Hall–Kier alpha value is -4.25. The second kappa shape index (κ2) is 13.8. The summed E-state index contributed by atoms with van der Waals surface area (Å²) in [5, 5.41) is 2.92. The SMILES string of the molecule is COc1ccc(CN(C(=O)CN(c2ccc(C)cc2)S(=O)(=O)c2ccc(OC)c(OC)c2)[C@@H](C)C(=O)NC(C)(C)C)cc1. The molecule has 0 aromatic heterocycles. The summed E-state index contributed by atoms with van der Waals surface area (Å²) in [5.74, 6) is 0.318. The first-order valence-electron chi connectivity index (χ1n) is 13.8. The highest BCUT2D eigenvalue weighted by molar-refractivity contribution is 7.92. The molecule has 0 aliphatic rings. The van der Waals surface area contributed by atoms with E-state index in [0.717, 1.165) is 15.4 Å². The molecule has 0 unspecified atom stereocenters. The van der Waals surface area contributed by atoms with Crippen LogP contribution in [0.1, 0.15) is 38.8 Å². The van der Waals surface area contributed by atoms with Crippen molar-refractivity contribution in [1.29, 1.82) is 0 Å². The standard InChI is InChI=1S/C32H41N3O7S/c1-22-9-13-25(14-10-22)35(43(38,39)27-17-18-28(41-7)29(19-27)42-8)21-30(36)34(23(2)31(37)33-32(3,4)5)20-24-11-15-26(40-6)16-12-24/h9-19,23H,20-21H2,1-8H3,(H,33,37)/t23-/m0/s1. The first-order valence-corrected chi connectivity index (χ1v) is 15.2. The van der Waals surface area contributed by atoms with Gasteiger partial charge in [-0.2, -0.15) is 0 Å². The highest BCUT2D eigenvalue weighted by Gasteiger charge is 2.33. The van der Waals surface area contributed by atoms with Crippen molar-refractivity contribution in [2.24, 2.45) is 0 Å². The molecule has 43 heavy (non-hydrogen) atoms. The highest BCUT2D eigenvalue weighted by atomic mass is 32.2. The zero-order valence-corrected chi connectivity index (χ0v) is 26.8. The second-order valence-corrected chi connectivity index (χ2v) is 13.0. The maximum absolute atomic E-state index is 14.1. The minimum absolute atomic E-state index is 0.0691. The summed E-state index contributed by atoms with van der Waals surface area (Å²) in [7, 11) is 0.151. The van der Waals surface area contributed by atoms with E-state index in [2.05, 4.69) is 5.32 Å². The number of carbonyl (C=O) groups excluding carboxylic acids is 2. The number of methoxy groups -OCH3 is 3. The normalized spacial score (nSPS) is 12.2. The molecule has 0 fully saturated rings. The summed E-state index contributed by atoms with van der Waals surface area (Å²) >= 11 is 0. The molecule has 10 nitrogen and oxygen atoms in total. The number of nitrogens with one attached hydrogen (secondary N) is 1. The van der Waals surface area contributed by atoms with Gasteiger partial charge in [-0.3, -0.25) is 13.9 Å². The van der Waals surface area contributed by atoms with Gasteiger partial charge in [0.2, 0.25) is 11.8 Å². The smallest absolute Gasteiger partial charge is 0.264 e. The minimum atomic E-state index is -4.28. The quantitative estimate of drug-likeness (QED) is 0.320. The molecule has 1 atom stereocenters. The molecule has 0 spiro atoms. The van der Waals surface area contributed by atoms with E-state index in [1.165, 1.54) is 37.3 Å². The molecule has 3 rings (SSSR count). The van der Waals surface area contributed by atoms with Crippen molar-refractivity contribution in [2.45, 2.75) is 57.6 Å². The first kappa shape index (κ1) is 33.3. The van der Waals surface area contributed by atoms with Gasteiger partial charge in [0.05, 0.1) is 31.9 Å². The Balaban J connectivity index is 2.07. The largest absolute Gasteiger partial charge is 0.497 e. The van der Waals surface area contributed by atoms with Crippen molar-refractivity contribution in [3.8, 4) is 17.2 Å². The monoisotopic (exact) mass is 611 g/mol. The molecule has 0 aliphatic carbocycles. The fraction of sp³-hybridized carbons (Fsp3) is 0.375. The van der Waals surface area contributed by atoms with Crippen LogP contribution >= 0.6 is 0 Å². The van der Waals surface area contributed by atoms with Gasteiger partial charge >= 0.3 is 0 Å². The number of ether oxygens (including phenoxy) is 3. The summed E-state index contributed by atoms with van der Waals surface area (Å²) in [6.07, 6.45) is 0. The third-order valence-corrected chi connectivity index (χ3v) is 8.49. The molecule has 2 amide bonds. The zero-order chi connectivity index (χ0) is 31.9. The van der Waals surface area contributed by atoms with Crippen molar-refractivity contribution >= 4 is 27.5 Å². The maximum Gasteiger partial charge on any atom is 0.264 e. The fourth-order valence-electron chi connectivity index (χ4n) is 4.33. The van der Waals surface area contributed by atoms with Gasteiger partial charge < -0.3 is 24.4 Å². The Labute approximate surface area is 254 Å². The number of benzene rings is 3. The molecule has 0 radical (unpaired) electrons. The number of hydrogen-bond donors (Lipinski definition) is 1. The van der Waals surface area contributed by atoms with Crippen LogP contribution in [0.3, 0.4) is 0 Å². The Morgan fingerprint density at radius 1 is 0.860 bits per heavy atom. The van der Waals surface area contributed by atoms with E-state index in [1.807, 2.05) is 27.7 Å². The number of hydrogen-bond acceptors (Lipinski definition) is 7. The first-order chi connectivity index (χ1) is 20.2. The van der Waals surface area contributed by atoms with E-state index >= 15 is 0 Å². The van der Waals surface area contributed by atoms with Crippen LogP contribution in [0.4, 0.5) is 5.69 Å². The van der Waals surface area contributed by atoms with E-state index in [9.17, 15) is 18.0 Å². The lowest BCUT2D eigenvalue weighted by atomic mass is 10.1. The van der Waals surface area contributed by atoms with Crippen molar-refractivity contribution < 1.29 is 32.2 Å². The summed E-state index contributed by atoms with van der Waals surface area (Å²) in [6.45, 7) is 8.57. The van der Waals surface area contributed by atoms with Crippen LogP contribution in [0.25, 0.3) is 0 Å². The number of rotatable bonds is 12. The predicted molar refractivity (Wildman–Crippen MR) is 166 cm³/mol. The van der Waals surface area contributed by atoms with E-state index in [4.69, 9.17) is 14.2 Å². The lowest BCUT2D eigenvalue weighted by molar-refractivity contribution is -0.140. The lowest BCUT2D eigenvalue weighted by Gasteiger charge is -2.33. The van der Waals surface area contributed by atoms with Crippen molar-refractivity contribution in [2.75, 3.05) is 32.2 Å². The molecule has 3 aromatic rings. The molecule has 3 aromatic carbocycles. The van der Waals surface area contributed by atoms with Crippen molar-refractivity contribution in [3.63, 3.8) is 0 Å². The van der Waals surface area contributed by atoms with E-state index in [-0.39, 0.29) is 23.1 Å². The summed E-state index contributed by atoms with van der Waals surface area (Å²) < 4.78 is 45.2. The van der Waals surface area contributed by atoms with Crippen LogP contribution < -0.4 is 23.8 Å². The Morgan fingerprint density at radius 3 is 2.00 bits per heavy atom. The zero-order valence-electron chi connectivity index (χ0n) is 26.0.